The summed E-state index contributed by atoms with van der Waals surface area (Å²) in [6, 6.07) is 7.79. The standard InChI is InChI=1S/C14H12BrN5O/c1-9-18-13(11-6-16-14(21)17-7-11)19-20(9)8-10-3-2-4-12(15)5-10/h2-7H,8H2,1H3,(H,16,17,21). The first-order valence-corrected chi connectivity index (χ1v) is 7.08. The Balaban J connectivity index is 1.89. The Kier molecular flexibility index (Phi) is 3.66. The van der Waals surface area contributed by atoms with Crippen molar-refractivity contribution in [3.8, 4) is 17.4 Å². The smallest absolute Gasteiger partial charge is 0.313 e. The molecule has 106 valence electrons. The maximum Gasteiger partial charge on any atom is 0.313 e. The van der Waals surface area contributed by atoms with Crippen LogP contribution in [0.1, 0.15) is 11.4 Å². The summed E-state index contributed by atoms with van der Waals surface area (Å²) in [5.41, 5.74) is 1.80. The molecule has 0 aliphatic heterocycles. The van der Waals surface area contributed by atoms with E-state index in [1.165, 1.54) is 12.4 Å². The molecule has 0 unspecified atom stereocenters. The fourth-order valence-electron chi connectivity index (χ4n) is 1.94. The molecule has 2 heterocycles. The zero-order valence-corrected chi connectivity index (χ0v) is 12.8. The van der Waals surface area contributed by atoms with Crippen molar-refractivity contribution in [2.45, 2.75) is 13.5 Å². The molecule has 0 fully saturated rings. The quantitative estimate of drug-likeness (QED) is 0.789. The topological polar surface area (TPSA) is 76.7 Å². The maximum atomic E-state index is 9.11. The van der Waals surface area contributed by atoms with Crippen molar-refractivity contribution in [2.24, 2.45) is 0 Å². The summed E-state index contributed by atoms with van der Waals surface area (Å²) in [5.74, 6) is 1.35. The van der Waals surface area contributed by atoms with Gasteiger partial charge in [0, 0.05) is 16.9 Å². The minimum atomic E-state index is -0.260. The summed E-state index contributed by atoms with van der Waals surface area (Å²) >= 11 is 3.46. The van der Waals surface area contributed by atoms with Crippen LogP contribution < -0.4 is 0 Å². The number of aryl methyl sites for hydroxylation is 1. The molecule has 0 amide bonds. The number of halogens is 1. The largest absolute Gasteiger partial charge is 0.479 e. The molecule has 0 saturated heterocycles. The minimum Gasteiger partial charge on any atom is -0.479 e. The third-order valence-corrected chi connectivity index (χ3v) is 3.47. The van der Waals surface area contributed by atoms with Crippen LogP contribution in [0.3, 0.4) is 0 Å². The third-order valence-electron chi connectivity index (χ3n) is 2.97. The van der Waals surface area contributed by atoms with Crippen LogP contribution in [0, 0.1) is 6.92 Å². The summed E-state index contributed by atoms with van der Waals surface area (Å²) < 4.78 is 2.86. The van der Waals surface area contributed by atoms with Gasteiger partial charge >= 0.3 is 6.01 Å². The van der Waals surface area contributed by atoms with Crippen LogP contribution in [0.15, 0.2) is 41.1 Å². The first kappa shape index (κ1) is 13.7. The van der Waals surface area contributed by atoms with Crippen molar-refractivity contribution < 1.29 is 5.11 Å². The Bertz CT molecular complexity index is 769. The lowest BCUT2D eigenvalue weighted by Crippen LogP contribution is -2.04. The van der Waals surface area contributed by atoms with Gasteiger partial charge in [-0.25, -0.2) is 19.6 Å². The van der Waals surface area contributed by atoms with Crippen molar-refractivity contribution in [2.75, 3.05) is 0 Å². The van der Waals surface area contributed by atoms with Gasteiger partial charge in [-0.2, -0.15) is 5.10 Å². The Labute approximate surface area is 129 Å². The first-order valence-electron chi connectivity index (χ1n) is 6.29. The molecule has 21 heavy (non-hydrogen) atoms. The van der Waals surface area contributed by atoms with Crippen LogP contribution in [-0.4, -0.2) is 29.8 Å². The summed E-state index contributed by atoms with van der Waals surface area (Å²) in [5, 5.41) is 13.6. The molecule has 0 spiro atoms. The second-order valence-electron chi connectivity index (χ2n) is 4.54. The highest BCUT2D eigenvalue weighted by molar-refractivity contribution is 9.10. The molecule has 1 aromatic carbocycles. The highest BCUT2D eigenvalue weighted by atomic mass is 79.9. The number of nitrogens with zero attached hydrogens (tertiary/aromatic N) is 5. The number of hydrogen-bond donors (Lipinski definition) is 1. The zero-order valence-electron chi connectivity index (χ0n) is 11.2. The van der Waals surface area contributed by atoms with E-state index in [0.717, 1.165) is 15.9 Å². The molecule has 7 heteroatoms. The first-order chi connectivity index (χ1) is 10.1. The van der Waals surface area contributed by atoms with Gasteiger partial charge < -0.3 is 5.11 Å². The van der Waals surface area contributed by atoms with Crippen molar-refractivity contribution >= 4 is 15.9 Å². The second kappa shape index (κ2) is 5.61. The fourth-order valence-corrected chi connectivity index (χ4v) is 2.38. The lowest BCUT2D eigenvalue weighted by molar-refractivity contribution is 0.430. The molecule has 0 atom stereocenters. The lowest BCUT2D eigenvalue weighted by atomic mass is 10.2. The number of hydrogen-bond acceptors (Lipinski definition) is 5. The number of aromatic nitrogens is 5. The number of benzene rings is 1. The van der Waals surface area contributed by atoms with Crippen LogP contribution in [0.25, 0.3) is 11.4 Å². The van der Waals surface area contributed by atoms with Gasteiger partial charge in [-0.05, 0) is 24.6 Å². The van der Waals surface area contributed by atoms with Crippen molar-refractivity contribution in [3.05, 3.63) is 52.5 Å². The van der Waals surface area contributed by atoms with Crippen LogP contribution in [0.5, 0.6) is 6.01 Å². The van der Waals surface area contributed by atoms with Gasteiger partial charge in [0.25, 0.3) is 0 Å². The summed E-state index contributed by atoms with van der Waals surface area (Å²) in [6.07, 6.45) is 3.00. The summed E-state index contributed by atoms with van der Waals surface area (Å²) in [7, 11) is 0. The molecule has 3 rings (SSSR count). The van der Waals surface area contributed by atoms with Gasteiger partial charge in [-0.3, -0.25) is 0 Å². The highest BCUT2D eigenvalue weighted by Gasteiger charge is 2.10. The van der Waals surface area contributed by atoms with E-state index in [1.807, 2.05) is 35.9 Å². The van der Waals surface area contributed by atoms with Crippen molar-refractivity contribution in [1.29, 1.82) is 0 Å². The molecule has 2 aromatic heterocycles. The van der Waals surface area contributed by atoms with Gasteiger partial charge in [0.2, 0.25) is 0 Å². The van der Waals surface area contributed by atoms with Crippen LogP contribution in [0.2, 0.25) is 0 Å². The number of rotatable bonds is 3. The molecular formula is C14H12BrN5O. The lowest BCUT2D eigenvalue weighted by Gasteiger charge is -2.03. The minimum absolute atomic E-state index is 0.260. The average Bonchev–Trinajstić information content (AvgIpc) is 2.81. The van der Waals surface area contributed by atoms with E-state index in [1.54, 1.807) is 0 Å². The van der Waals surface area contributed by atoms with Crippen LogP contribution in [-0.2, 0) is 6.54 Å². The molecule has 0 aliphatic rings. The molecule has 3 aromatic rings. The van der Waals surface area contributed by atoms with Gasteiger partial charge in [-0.1, -0.05) is 28.1 Å². The molecular weight excluding hydrogens is 334 g/mol. The van der Waals surface area contributed by atoms with Gasteiger partial charge in [0.1, 0.15) is 5.82 Å². The molecule has 0 saturated carbocycles. The average molecular weight is 346 g/mol. The molecule has 0 aliphatic carbocycles. The predicted octanol–water partition coefficient (Wildman–Crippen LogP) is 2.56. The third kappa shape index (κ3) is 3.08. The Morgan fingerprint density at radius 1 is 1.24 bits per heavy atom. The monoisotopic (exact) mass is 345 g/mol. The number of aromatic hydroxyl groups is 1. The Morgan fingerprint density at radius 3 is 2.71 bits per heavy atom. The van der Waals surface area contributed by atoms with E-state index >= 15 is 0 Å². The van der Waals surface area contributed by atoms with E-state index in [9.17, 15) is 0 Å². The molecule has 0 radical (unpaired) electrons. The van der Waals surface area contributed by atoms with Crippen LogP contribution >= 0.6 is 15.9 Å². The normalized spacial score (nSPS) is 10.8. The van der Waals surface area contributed by atoms with Gasteiger partial charge in [0.05, 0.1) is 12.1 Å². The van der Waals surface area contributed by atoms with Gasteiger partial charge in [0.15, 0.2) is 5.82 Å². The molecule has 6 nitrogen and oxygen atoms in total. The van der Waals surface area contributed by atoms with Crippen molar-refractivity contribution in [3.63, 3.8) is 0 Å². The van der Waals surface area contributed by atoms with E-state index < -0.39 is 0 Å². The Hall–Kier alpha value is -2.28. The zero-order chi connectivity index (χ0) is 14.8. The SMILES string of the molecule is Cc1nc(-c2cnc(O)nc2)nn1Cc1cccc(Br)c1. The van der Waals surface area contributed by atoms with Crippen molar-refractivity contribution in [1.82, 2.24) is 24.7 Å². The van der Waals surface area contributed by atoms with E-state index in [-0.39, 0.29) is 6.01 Å². The fraction of sp³-hybridized carbons (Fsp3) is 0.143. The second-order valence-corrected chi connectivity index (χ2v) is 5.46. The molecule has 1 N–H and O–H groups in total. The van der Waals surface area contributed by atoms with E-state index in [0.29, 0.717) is 17.9 Å². The Morgan fingerprint density at radius 2 is 2.00 bits per heavy atom. The van der Waals surface area contributed by atoms with E-state index in [4.69, 9.17) is 5.11 Å². The summed E-state index contributed by atoms with van der Waals surface area (Å²) in [4.78, 5) is 11.9. The molecule has 0 bridgehead atoms. The van der Waals surface area contributed by atoms with E-state index in [2.05, 4.69) is 36.0 Å². The maximum absolute atomic E-state index is 9.11. The van der Waals surface area contributed by atoms with Gasteiger partial charge in [-0.15, -0.1) is 0 Å². The predicted molar refractivity (Wildman–Crippen MR) is 80.7 cm³/mol. The summed E-state index contributed by atoms with van der Waals surface area (Å²) in [6.45, 7) is 2.53. The highest BCUT2D eigenvalue weighted by Crippen LogP contribution is 2.17. The van der Waals surface area contributed by atoms with Crippen LogP contribution in [0.4, 0.5) is 0 Å².